The fourth-order valence-corrected chi connectivity index (χ4v) is 4.02. The zero-order chi connectivity index (χ0) is 17.3. The van der Waals surface area contributed by atoms with Gasteiger partial charge in [-0.15, -0.1) is 11.3 Å². The van der Waals surface area contributed by atoms with Gasteiger partial charge in [0, 0.05) is 11.6 Å². The molecule has 1 heterocycles. The van der Waals surface area contributed by atoms with Crippen molar-refractivity contribution in [3.05, 3.63) is 46.4 Å². The van der Waals surface area contributed by atoms with Gasteiger partial charge in [0.25, 0.3) is 0 Å². The van der Waals surface area contributed by atoms with Crippen molar-refractivity contribution in [1.29, 1.82) is 0 Å². The topological polar surface area (TPSA) is 42.4 Å². The van der Waals surface area contributed by atoms with E-state index < -0.39 is 13.9 Å². The fraction of sp³-hybridized carbons (Fsp3) is 0.500. The van der Waals surface area contributed by atoms with Crippen molar-refractivity contribution in [3.8, 4) is 5.75 Å². The first kappa shape index (κ1) is 18.2. The molecule has 0 aliphatic heterocycles. The summed E-state index contributed by atoms with van der Waals surface area (Å²) in [5.74, 6) is 0.831. The van der Waals surface area contributed by atoms with E-state index in [9.17, 15) is 5.11 Å². The minimum atomic E-state index is -1.90. The second-order valence-electron chi connectivity index (χ2n) is 7.44. The van der Waals surface area contributed by atoms with Crippen molar-refractivity contribution in [1.82, 2.24) is 4.98 Å². The van der Waals surface area contributed by atoms with E-state index in [-0.39, 0.29) is 5.04 Å². The normalized spacial score (nSPS) is 15.3. The predicted molar refractivity (Wildman–Crippen MR) is 99.7 cm³/mol. The van der Waals surface area contributed by atoms with E-state index in [2.05, 4.69) is 38.8 Å². The van der Waals surface area contributed by atoms with Crippen LogP contribution in [0.2, 0.25) is 18.1 Å². The Balaban J connectivity index is 2.37. The summed E-state index contributed by atoms with van der Waals surface area (Å²) >= 11 is 1.48. The van der Waals surface area contributed by atoms with Crippen LogP contribution in [0.4, 0.5) is 0 Å². The number of nitrogens with zero attached hydrogens (tertiary/aromatic N) is 1. The molecule has 1 aromatic heterocycles. The number of hydrogen-bond donors (Lipinski definition) is 1. The Morgan fingerprint density at radius 3 is 2.48 bits per heavy atom. The Morgan fingerprint density at radius 2 is 1.96 bits per heavy atom. The van der Waals surface area contributed by atoms with Crippen molar-refractivity contribution < 1.29 is 9.53 Å². The highest BCUT2D eigenvalue weighted by Gasteiger charge is 2.39. The van der Waals surface area contributed by atoms with Crippen LogP contribution >= 0.6 is 11.3 Å². The summed E-state index contributed by atoms with van der Waals surface area (Å²) in [6, 6.07) is 7.84. The van der Waals surface area contributed by atoms with E-state index >= 15 is 0 Å². The summed E-state index contributed by atoms with van der Waals surface area (Å²) in [5.41, 5.74) is -0.216. The minimum Gasteiger partial charge on any atom is -0.543 e. The predicted octanol–water partition coefficient (Wildman–Crippen LogP) is 5.17. The number of thiazole rings is 1. The standard InChI is InChI=1S/C18H27NO2SSi/c1-7-18(20,16-19-11-12-22-16)14-9-8-10-15(13-14)21-23(5,6)17(2,3)4/h8-13,20H,7H2,1-6H3. The number of aliphatic hydroxyl groups is 1. The summed E-state index contributed by atoms with van der Waals surface area (Å²) in [5, 5.41) is 13.9. The van der Waals surface area contributed by atoms with Crippen molar-refractivity contribution in [2.45, 2.75) is 57.8 Å². The maximum atomic E-state index is 11.1. The molecule has 0 aliphatic carbocycles. The molecule has 1 unspecified atom stereocenters. The van der Waals surface area contributed by atoms with Gasteiger partial charge >= 0.3 is 0 Å². The van der Waals surface area contributed by atoms with Gasteiger partial charge in [0.05, 0.1) is 0 Å². The van der Waals surface area contributed by atoms with Gasteiger partial charge in [-0.3, -0.25) is 0 Å². The lowest BCUT2D eigenvalue weighted by atomic mass is 9.91. The van der Waals surface area contributed by atoms with Crippen molar-refractivity contribution in [3.63, 3.8) is 0 Å². The van der Waals surface area contributed by atoms with Gasteiger partial charge in [-0.2, -0.15) is 0 Å². The second kappa shape index (κ2) is 6.38. The number of aromatic nitrogens is 1. The number of hydrogen-bond acceptors (Lipinski definition) is 4. The molecule has 0 saturated heterocycles. The SMILES string of the molecule is CCC(O)(c1cccc(O[Si](C)(C)C(C)(C)C)c1)c1nccs1. The highest BCUT2D eigenvalue weighted by Crippen LogP contribution is 2.39. The molecule has 0 amide bonds. The van der Waals surface area contributed by atoms with Crippen LogP contribution in [0.5, 0.6) is 5.75 Å². The lowest BCUT2D eigenvalue weighted by molar-refractivity contribution is 0.0760. The molecule has 3 nitrogen and oxygen atoms in total. The third-order valence-corrected chi connectivity index (χ3v) is 10.1. The Labute approximate surface area is 144 Å². The van der Waals surface area contributed by atoms with E-state index in [1.807, 2.05) is 36.6 Å². The molecule has 0 fully saturated rings. The van der Waals surface area contributed by atoms with Crippen molar-refractivity contribution in [2.24, 2.45) is 0 Å². The zero-order valence-electron chi connectivity index (χ0n) is 14.9. The molecule has 0 radical (unpaired) electrons. The van der Waals surface area contributed by atoms with Gasteiger partial charge in [0.1, 0.15) is 16.4 Å². The third-order valence-electron chi connectivity index (χ3n) is 4.79. The molecule has 0 aliphatic rings. The van der Waals surface area contributed by atoms with Gasteiger partial charge in [0.2, 0.25) is 8.32 Å². The molecule has 126 valence electrons. The van der Waals surface area contributed by atoms with Gasteiger partial charge in [0.15, 0.2) is 0 Å². The molecular formula is C18H27NO2SSi. The van der Waals surface area contributed by atoms with Crippen molar-refractivity contribution in [2.75, 3.05) is 0 Å². The van der Waals surface area contributed by atoms with E-state index in [1.54, 1.807) is 6.20 Å². The Bertz CT molecular complexity index is 649. The molecule has 2 rings (SSSR count). The minimum absolute atomic E-state index is 0.138. The molecule has 23 heavy (non-hydrogen) atoms. The number of benzene rings is 1. The maximum absolute atomic E-state index is 11.1. The first-order valence-electron chi connectivity index (χ1n) is 8.02. The Kier molecular flexibility index (Phi) is 5.04. The monoisotopic (exact) mass is 349 g/mol. The third kappa shape index (κ3) is 3.67. The molecule has 1 N–H and O–H groups in total. The maximum Gasteiger partial charge on any atom is 0.250 e. The average Bonchev–Trinajstić information content (AvgIpc) is 2.99. The van der Waals surface area contributed by atoms with Crippen LogP contribution in [0.1, 0.15) is 44.7 Å². The van der Waals surface area contributed by atoms with Gasteiger partial charge in [-0.1, -0.05) is 39.8 Å². The van der Waals surface area contributed by atoms with Gasteiger partial charge < -0.3 is 9.53 Å². The first-order chi connectivity index (χ1) is 10.6. The van der Waals surface area contributed by atoms with E-state index in [0.29, 0.717) is 6.42 Å². The largest absolute Gasteiger partial charge is 0.543 e. The zero-order valence-corrected chi connectivity index (χ0v) is 16.7. The molecular weight excluding hydrogens is 322 g/mol. The van der Waals surface area contributed by atoms with Crippen LogP contribution in [-0.2, 0) is 5.60 Å². The van der Waals surface area contributed by atoms with Crippen LogP contribution in [-0.4, -0.2) is 18.4 Å². The smallest absolute Gasteiger partial charge is 0.250 e. The lowest BCUT2D eigenvalue weighted by Crippen LogP contribution is -2.43. The lowest BCUT2D eigenvalue weighted by Gasteiger charge is -2.36. The summed E-state index contributed by atoms with van der Waals surface area (Å²) in [4.78, 5) is 4.32. The summed E-state index contributed by atoms with van der Waals surface area (Å²) < 4.78 is 6.37. The quantitative estimate of drug-likeness (QED) is 0.757. The van der Waals surface area contributed by atoms with Gasteiger partial charge in [-0.25, -0.2) is 4.98 Å². The molecule has 1 aromatic carbocycles. The Morgan fingerprint density at radius 1 is 1.26 bits per heavy atom. The van der Waals surface area contributed by atoms with Gasteiger partial charge in [-0.05, 0) is 42.2 Å². The van der Waals surface area contributed by atoms with Crippen molar-refractivity contribution >= 4 is 19.7 Å². The van der Waals surface area contributed by atoms with Crippen LogP contribution < -0.4 is 4.43 Å². The Hall–Kier alpha value is -1.17. The van der Waals surface area contributed by atoms with Crippen LogP contribution in [0.15, 0.2) is 35.8 Å². The summed E-state index contributed by atoms with van der Waals surface area (Å²) in [6.45, 7) is 13.1. The van der Waals surface area contributed by atoms with Crippen LogP contribution in [0, 0.1) is 0 Å². The highest BCUT2D eigenvalue weighted by molar-refractivity contribution is 7.09. The molecule has 1 atom stereocenters. The molecule has 2 aromatic rings. The second-order valence-corrected chi connectivity index (χ2v) is 13.1. The molecule has 0 saturated carbocycles. The fourth-order valence-electron chi connectivity index (χ4n) is 2.17. The first-order valence-corrected chi connectivity index (χ1v) is 11.8. The summed E-state index contributed by atoms with van der Waals surface area (Å²) in [7, 11) is -1.90. The molecule has 0 bridgehead atoms. The molecule has 0 spiro atoms. The number of rotatable bonds is 5. The highest BCUT2D eigenvalue weighted by atomic mass is 32.1. The van der Waals surface area contributed by atoms with Crippen LogP contribution in [0.25, 0.3) is 0 Å². The van der Waals surface area contributed by atoms with E-state index in [4.69, 9.17) is 4.43 Å². The van der Waals surface area contributed by atoms with Crippen LogP contribution in [0.3, 0.4) is 0 Å². The van der Waals surface area contributed by atoms with E-state index in [1.165, 1.54) is 11.3 Å². The summed E-state index contributed by atoms with van der Waals surface area (Å²) in [6.07, 6.45) is 2.31. The molecule has 5 heteroatoms. The van der Waals surface area contributed by atoms with E-state index in [0.717, 1.165) is 16.3 Å². The average molecular weight is 350 g/mol.